The van der Waals surface area contributed by atoms with Crippen molar-refractivity contribution in [1.29, 1.82) is 0 Å². The number of nitrogens with two attached hydrogens (primary N) is 1. The summed E-state index contributed by atoms with van der Waals surface area (Å²) < 4.78 is 27.5. The van der Waals surface area contributed by atoms with Crippen LogP contribution < -0.4 is 9.92 Å². The van der Waals surface area contributed by atoms with Crippen molar-refractivity contribution in [3.05, 3.63) is 23.3 Å². The van der Waals surface area contributed by atoms with Crippen molar-refractivity contribution in [3.8, 4) is 5.75 Å². The summed E-state index contributed by atoms with van der Waals surface area (Å²) in [5, 5.41) is 0. The van der Waals surface area contributed by atoms with Gasteiger partial charge in [0.25, 0.3) is 0 Å². The largest absolute Gasteiger partial charge is 0.398 e. The molecule has 0 fully saturated rings. The summed E-state index contributed by atoms with van der Waals surface area (Å²) in [7, 11) is -3.54. The Morgan fingerprint density at radius 1 is 1.11 bits per heavy atom. The van der Waals surface area contributed by atoms with Crippen molar-refractivity contribution >= 4 is 15.8 Å². The monoisotopic (exact) mass is 271 g/mol. The van der Waals surface area contributed by atoms with E-state index in [9.17, 15) is 8.42 Å². The minimum Gasteiger partial charge on any atom is -0.398 e. The van der Waals surface area contributed by atoms with Crippen molar-refractivity contribution < 1.29 is 12.6 Å². The van der Waals surface area contributed by atoms with Crippen LogP contribution in [0.1, 0.15) is 50.7 Å². The summed E-state index contributed by atoms with van der Waals surface area (Å²) in [5.41, 5.74) is 8.53. The molecule has 18 heavy (non-hydrogen) atoms. The maximum Gasteiger partial charge on any atom is 0.306 e. The van der Waals surface area contributed by atoms with Gasteiger partial charge in [-0.15, -0.1) is 0 Å². The summed E-state index contributed by atoms with van der Waals surface area (Å²) in [6, 6.07) is 3.51. The standard InChI is InChI=1S/C13H21NO3S/c1-8(2)10-6-7-11(17-18(5,15)16)12(9(3)4)13(10)14/h6-9H,14H2,1-5H3. The Labute approximate surface area is 109 Å². The minimum absolute atomic E-state index is 0.0976. The Bertz CT molecular complexity index is 533. The predicted molar refractivity (Wildman–Crippen MR) is 74.5 cm³/mol. The van der Waals surface area contributed by atoms with Crippen LogP contribution in [0.2, 0.25) is 0 Å². The van der Waals surface area contributed by atoms with E-state index in [1.807, 2.05) is 33.8 Å². The van der Waals surface area contributed by atoms with Gasteiger partial charge in [0.2, 0.25) is 0 Å². The van der Waals surface area contributed by atoms with Gasteiger partial charge in [0.05, 0.1) is 6.26 Å². The second-order valence-corrected chi connectivity index (χ2v) is 6.65. The van der Waals surface area contributed by atoms with Crippen LogP contribution in [0.5, 0.6) is 5.75 Å². The fourth-order valence-corrected chi connectivity index (χ4v) is 2.44. The van der Waals surface area contributed by atoms with Gasteiger partial charge in [-0.3, -0.25) is 0 Å². The molecule has 0 saturated carbocycles. The molecule has 0 bridgehead atoms. The molecule has 0 spiro atoms. The molecule has 0 aliphatic heterocycles. The molecule has 1 aromatic carbocycles. The molecule has 0 unspecified atom stereocenters. The molecule has 0 aliphatic rings. The lowest BCUT2D eigenvalue weighted by molar-refractivity contribution is 0.488. The van der Waals surface area contributed by atoms with Crippen LogP contribution >= 0.6 is 0 Å². The zero-order chi connectivity index (χ0) is 14.1. The number of rotatable bonds is 4. The van der Waals surface area contributed by atoms with Crippen molar-refractivity contribution in [2.75, 3.05) is 12.0 Å². The topological polar surface area (TPSA) is 69.4 Å². The van der Waals surface area contributed by atoms with Gasteiger partial charge >= 0.3 is 10.1 Å². The fourth-order valence-electron chi connectivity index (χ4n) is 1.97. The highest BCUT2D eigenvalue weighted by molar-refractivity contribution is 7.86. The highest BCUT2D eigenvalue weighted by Crippen LogP contribution is 2.37. The van der Waals surface area contributed by atoms with E-state index in [0.29, 0.717) is 11.4 Å². The lowest BCUT2D eigenvalue weighted by Crippen LogP contribution is -2.11. The molecule has 0 atom stereocenters. The van der Waals surface area contributed by atoms with Crippen LogP contribution in [0.25, 0.3) is 0 Å². The van der Waals surface area contributed by atoms with Gasteiger partial charge in [0.1, 0.15) is 5.75 Å². The second kappa shape index (κ2) is 5.18. The van der Waals surface area contributed by atoms with Gasteiger partial charge in [0, 0.05) is 11.3 Å². The minimum atomic E-state index is -3.54. The summed E-state index contributed by atoms with van der Waals surface area (Å²) in [6.07, 6.45) is 1.03. The van der Waals surface area contributed by atoms with Gasteiger partial charge in [-0.05, 0) is 23.5 Å². The molecule has 2 N–H and O–H groups in total. The maximum atomic E-state index is 11.2. The van der Waals surface area contributed by atoms with Crippen LogP contribution in [-0.4, -0.2) is 14.7 Å². The molecule has 0 heterocycles. The van der Waals surface area contributed by atoms with Crippen LogP contribution in [0, 0.1) is 0 Å². The average molecular weight is 271 g/mol. The van der Waals surface area contributed by atoms with E-state index in [2.05, 4.69) is 0 Å². The molecule has 1 aromatic rings. The first-order valence-electron chi connectivity index (χ1n) is 5.95. The lowest BCUT2D eigenvalue weighted by atomic mass is 9.92. The Kier molecular flexibility index (Phi) is 4.27. The predicted octanol–water partition coefficient (Wildman–Crippen LogP) is 2.85. The zero-order valence-electron chi connectivity index (χ0n) is 11.5. The third-order valence-electron chi connectivity index (χ3n) is 2.72. The highest BCUT2D eigenvalue weighted by Gasteiger charge is 2.19. The van der Waals surface area contributed by atoms with Crippen molar-refractivity contribution in [1.82, 2.24) is 0 Å². The second-order valence-electron chi connectivity index (χ2n) is 5.08. The van der Waals surface area contributed by atoms with Gasteiger partial charge in [-0.1, -0.05) is 33.8 Å². The van der Waals surface area contributed by atoms with Crippen molar-refractivity contribution in [2.24, 2.45) is 0 Å². The molecule has 4 nitrogen and oxygen atoms in total. The molecule has 0 saturated heterocycles. The normalized spacial score (nSPS) is 12.2. The Hall–Kier alpha value is -1.23. The third kappa shape index (κ3) is 3.38. The first-order chi connectivity index (χ1) is 8.13. The van der Waals surface area contributed by atoms with Crippen LogP contribution in [0.3, 0.4) is 0 Å². The molecule has 0 aromatic heterocycles. The molecule has 0 radical (unpaired) electrons. The number of hydrogen-bond donors (Lipinski definition) is 1. The highest BCUT2D eigenvalue weighted by atomic mass is 32.2. The Morgan fingerprint density at radius 2 is 1.67 bits per heavy atom. The first-order valence-corrected chi connectivity index (χ1v) is 7.76. The van der Waals surface area contributed by atoms with Crippen LogP contribution in [0.4, 0.5) is 5.69 Å². The van der Waals surface area contributed by atoms with E-state index in [1.54, 1.807) is 6.07 Å². The fraction of sp³-hybridized carbons (Fsp3) is 0.538. The summed E-state index contributed by atoms with van der Waals surface area (Å²) >= 11 is 0. The van der Waals surface area contributed by atoms with E-state index in [1.165, 1.54) is 0 Å². The van der Waals surface area contributed by atoms with Crippen LogP contribution in [-0.2, 0) is 10.1 Å². The number of benzene rings is 1. The summed E-state index contributed by atoms with van der Waals surface area (Å²) in [5.74, 6) is 0.713. The number of hydrogen-bond acceptors (Lipinski definition) is 4. The first kappa shape index (κ1) is 14.8. The molecule has 102 valence electrons. The molecule has 1 rings (SSSR count). The molecular formula is C13H21NO3S. The smallest absolute Gasteiger partial charge is 0.306 e. The number of nitrogen functional groups attached to an aromatic ring is 1. The van der Waals surface area contributed by atoms with Crippen molar-refractivity contribution in [2.45, 2.75) is 39.5 Å². The molecule has 5 heteroatoms. The molecule has 0 aliphatic carbocycles. The quantitative estimate of drug-likeness (QED) is 0.675. The lowest BCUT2D eigenvalue weighted by Gasteiger charge is -2.19. The van der Waals surface area contributed by atoms with E-state index in [-0.39, 0.29) is 11.8 Å². The zero-order valence-corrected chi connectivity index (χ0v) is 12.3. The van der Waals surface area contributed by atoms with E-state index >= 15 is 0 Å². The number of anilines is 1. The van der Waals surface area contributed by atoms with Gasteiger partial charge < -0.3 is 9.92 Å². The molecular weight excluding hydrogens is 250 g/mol. The van der Waals surface area contributed by atoms with Crippen LogP contribution in [0.15, 0.2) is 12.1 Å². The third-order valence-corrected chi connectivity index (χ3v) is 3.20. The molecule has 0 amide bonds. The van der Waals surface area contributed by atoms with E-state index in [0.717, 1.165) is 17.4 Å². The van der Waals surface area contributed by atoms with Gasteiger partial charge in [-0.2, -0.15) is 8.42 Å². The van der Waals surface area contributed by atoms with E-state index in [4.69, 9.17) is 9.92 Å². The maximum absolute atomic E-state index is 11.2. The van der Waals surface area contributed by atoms with Gasteiger partial charge in [-0.25, -0.2) is 0 Å². The van der Waals surface area contributed by atoms with Gasteiger partial charge in [0.15, 0.2) is 0 Å². The SMILES string of the molecule is CC(C)c1ccc(OS(C)(=O)=O)c(C(C)C)c1N. The summed E-state index contributed by atoms with van der Waals surface area (Å²) in [4.78, 5) is 0. The van der Waals surface area contributed by atoms with Crippen molar-refractivity contribution in [3.63, 3.8) is 0 Å². The van der Waals surface area contributed by atoms with E-state index < -0.39 is 10.1 Å². The Morgan fingerprint density at radius 3 is 2.06 bits per heavy atom. The Balaban J connectivity index is 3.41. The summed E-state index contributed by atoms with van der Waals surface area (Å²) in [6.45, 7) is 8.02. The average Bonchev–Trinajstić information content (AvgIpc) is 2.13.